The Morgan fingerprint density at radius 2 is 1.97 bits per heavy atom. The lowest BCUT2D eigenvalue weighted by Crippen LogP contribution is -2.42. The van der Waals surface area contributed by atoms with Crippen LogP contribution >= 0.6 is 0 Å². The van der Waals surface area contributed by atoms with Gasteiger partial charge in [0.15, 0.2) is 0 Å². The Labute approximate surface area is 172 Å². The van der Waals surface area contributed by atoms with Gasteiger partial charge in [0.05, 0.1) is 11.0 Å². The van der Waals surface area contributed by atoms with Gasteiger partial charge < -0.3 is 19.9 Å². The summed E-state index contributed by atoms with van der Waals surface area (Å²) >= 11 is 0. The molecule has 1 aliphatic heterocycles. The van der Waals surface area contributed by atoms with Gasteiger partial charge in [-0.05, 0) is 58.1 Å². The van der Waals surface area contributed by atoms with Crippen LogP contribution < -0.4 is 5.32 Å². The molecule has 1 aromatic heterocycles. The number of aryl methyl sites for hydroxylation is 1. The smallest absolute Gasteiger partial charge is 0.410 e. The second-order valence-corrected chi connectivity index (χ2v) is 8.77. The van der Waals surface area contributed by atoms with E-state index < -0.39 is 5.60 Å². The number of para-hydroxylation sites is 2. The normalized spacial score (nSPS) is 15.5. The zero-order valence-corrected chi connectivity index (χ0v) is 17.7. The molecule has 1 aliphatic rings. The number of imidazole rings is 1. The number of aromatic amines is 1. The minimum atomic E-state index is -0.476. The van der Waals surface area contributed by atoms with E-state index >= 15 is 0 Å². The van der Waals surface area contributed by atoms with Crippen molar-refractivity contribution < 1.29 is 14.3 Å². The molecule has 2 N–H and O–H groups in total. The third-order valence-corrected chi connectivity index (χ3v) is 5.09. The molecule has 2 aromatic rings. The van der Waals surface area contributed by atoms with Crippen molar-refractivity contribution in [3.05, 3.63) is 30.1 Å². The Balaban J connectivity index is 1.31. The molecule has 0 aliphatic carbocycles. The number of H-pyrrole nitrogens is 1. The molecule has 1 saturated heterocycles. The number of hydrogen-bond acceptors (Lipinski definition) is 4. The monoisotopic (exact) mass is 400 g/mol. The summed E-state index contributed by atoms with van der Waals surface area (Å²) < 4.78 is 5.41. The number of fused-ring (bicyclic) bond motifs is 1. The Morgan fingerprint density at radius 1 is 1.24 bits per heavy atom. The Hall–Kier alpha value is -2.57. The van der Waals surface area contributed by atoms with Crippen molar-refractivity contribution in [1.82, 2.24) is 20.2 Å². The van der Waals surface area contributed by atoms with Crippen LogP contribution in [0.15, 0.2) is 24.3 Å². The van der Waals surface area contributed by atoms with E-state index in [0.717, 1.165) is 42.5 Å². The van der Waals surface area contributed by atoms with Gasteiger partial charge in [-0.3, -0.25) is 4.79 Å². The zero-order valence-electron chi connectivity index (χ0n) is 17.7. The number of carbonyl (C=O) groups is 2. The van der Waals surface area contributed by atoms with Crippen LogP contribution in [0, 0.1) is 5.92 Å². The molecular weight excluding hydrogens is 368 g/mol. The fraction of sp³-hybridized carbons (Fsp3) is 0.591. The SMILES string of the molecule is CC(C)(C)OC(=O)N1CCC(CC(=O)NCCCc2nc3ccccc3[nH]2)CC1. The Bertz CT molecular complexity index is 799. The lowest BCUT2D eigenvalue weighted by molar-refractivity contribution is -0.122. The number of likely N-dealkylation sites (tertiary alicyclic amines) is 1. The number of aromatic nitrogens is 2. The highest BCUT2D eigenvalue weighted by Crippen LogP contribution is 2.22. The van der Waals surface area contributed by atoms with Crippen LogP contribution in [0.5, 0.6) is 0 Å². The number of hydrogen-bond donors (Lipinski definition) is 2. The van der Waals surface area contributed by atoms with Crippen LogP contribution in [0.3, 0.4) is 0 Å². The maximum atomic E-state index is 12.2. The lowest BCUT2D eigenvalue weighted by Gasteiger charge is -2.33. The molecular formula is C22H32N4O3. The number of nitrogens with zero attached hydrogens (tertiary/aromatic N) is 2. The molecule has 0 atom stereocenters. The molecule has 0 saturated carbocycles. The summed E-state index contributed by atoms with van der Waals surface area (Å²) in [5, 5.41) is 3.01. The molecule has 7 nitrogen and oxygen atoms in total. The molecule has 2 amide bonds. The summed E-state index contributed by atoms with van der Waals surface area (Å²) in [5.41, 5.74) is 1.55. The largest absolute Gasteiger partial charge is 0.444 e. The number of piperidine rings is 1. The predicted octanol–water partition coefficient (Wildman–Crippen LogP) is 3.65. The number of ether oxygens (including phenoxy) is 1. The van der Waals surface area contributed by atoms with Gasteiger partial charge in [0, 0.05) is 32.5 Å². The highest BCUT2D eigenvalue weighted by Gasteiger charge is 2.27. The molecule has 29 heavy (non-hydrogen) atoms. The van der Waals surface area contributed by atoms with Gasteiger partial charge in [0.2, 0.25) is 5.91 Å². The molecule has 3 rings (SSSR count). The number of rotatable bonds is 6. The van der Waals surface area contributed by atoms with E-state index in [1.54, 1.807) is 4.90 Å². The molecule has 0 unspecified atom stereocenters. The fourth-order valence-corrected chi connectivity index (χ4v) is 3.59. The van der Waals surface area contributed by atoms with Crippen LogP contribution in [0.2, 0.25) is 0 Å². The second kappa shape index (κ2) is 9.29. The molecule has 0 spiro atoms. The number of benzene rings is 1. The van der Waals surface area contributed by atoms with Crippen LogP contribution in [0.4, 0.5) is 4.79 Å². The fourth-order valence-electron chi connectivity index (χ4n) is 3.59. The van der Waals surface area contributed by atoms with Crippen molar-refractivity contribution in [3.8, 4) is 0 Å². The van der Waals surface area contributed by atoms with Crippen molar-refractivity contribution in [1.29, 1.82) is 0 Å². The number of nitrogens with one attached hydrogen (secondary N) is 2. The van der Waals surface area contributed by atoms with Gasteiger partial charge in [0.1, 0.15) is 11.4 Å². The Morgan fingerprint density at radius 3 is 2.66 bits per heavy atom. The van der Waals surface area contributed by atoms with E-state index in [1.165, 1.54) is 0 Å². The van der Waals surface area contributed by atoms with E-state index in [1.807, 2.05) is 45.0 Å². The second-order valence-electron chi connectivity index (χ2n) is 8.77. The minimum absolute atomic E-state index is 0.0883. The number of carbonyl (C=O) groups excluding carboxylic acids is 2. The first-order chi connectivity index (χ1) is 13.8. The summed E-state index contributed by atoms with van der Waals surface area (Å²) in [5.74, 6) is 1.37. The van der Waals surface area contributed by atoms with Crippen molar-refractivity contribution in [2.45, 2.75) is 58.5 Å². The summed E-state index contributed by atoms with van der Waals surface area (Å²) in [6.07, 6.45) is 3.60. The third-order valence-electron chi connectivity index (χ3n) is 5.09. The molecule has 7 heteroatoms. The maximum absolute atomic E-state index is 12.2. The van der Waals surface area contributed by atoms with E-state index in [-0.39, 0.29) is 12.0 Å². The predicted molar refractivity (Wildman–Crippen MR) is 113 cm³/mol. The molecule has 2 heterocycles. The van der Waals surface area contributed by atoms with Gasteiger partial charge in [0.25, 0.3) is 0 Å². The molecule has 158 valence electrons. The van der Waals surface area contributed by atoms with Crippen molar-refractivity contribution in [3.63, 3.8) is 0 Å². The van der Waals surface area contributed by atoms with Crippen LogP contribution in [0.1, 0.15) is 52.3 Å². The average Bonchev–Trinajstić information content (AvgIpc) is 3.07. The van der Waals surface area contributed by atoms with Gasteiger partial charge in [-0.25, -0.2) is 9.78 Å². The first kappa shape index (κ1) is 21.1. The molecule has 1 fully saturated rings. The molecule has 1 aromatic carbocycles. The van der Waals surface area contributed by atoms with Crippen LogP contribution in [-0.2, 0) is 16.0 Å². The summed E-state index contributed by atoms with van der Waals surface area (Å²) in [7, 11) is 0. The first-order valence-corrected chi connectivity index (χ1v) is 10.5. The summed E-state index contributed by atoms with van der Waals surface area (Å²) in [6, 6.07) is 7.97. The van der Waals surface area contributed by atoms with E-state index in [4.69, 9.17) is 4.74 Å². The third kappa shape index (κ3) is 6.48. The lowest BCUT2D eigenvalue weighted by atomic mass is 9.93. The zero-order chi connectivity index (χ0) is 20.9. The molecule has 0 bridgehead atoms. The van der Waals surface area contributed by atoms with Crippen LogP contribution in [0.25, 0.3) is 11.0 Å². The minimum Gasteiger partial charge on any atom is -0.444 e. The van der Waals surface area contributed by atoms with E-state index in [9.17, 15) is 9.59 Å². The van der Waals surface area contributed by atoms with E-state index in [2.05, 4.69) is 15.3 Å². The van der Waals surface area contributed by atoms with Gasteiger partial charge in [-0.2, -0.15) is 0 Å². The standard InChI is InChI=1S/C22H32N4O3/c1-22(2,3)29-21(28)26-13-10-16(11-14-26)15-20(27)23-12-6-9-19-24-17-7-4-5-8-18(17)25-19/h4-5,7-8,16H,6,9-15H2,1-3H3,(H,23,27)(H,24,25). The van der Waals surface area contributed by atoms with Crippen molar-refractivity contribution in [2.75, 3.05) is 19.6 Å². The van der Waals surface area contributed by atoms with Crippen LogP contribution in [-0.4, -0.2) is 52.1 Å². The average molecular weight is 401 g/mol. The Kier molecular flexibility index (Phi) is 6.77. The van der Waals surface area contributed by atoms with E-state index in [0.29, 0.717) is 32.0 Å². The summed E-state index contributed by atoms with van der Waals surface area (Å²) in [4.78, 5) is 33.9. The highest BCUT2D eigenvalue weighted by molar-refractivity contribution is 5.76. The number of amides is 2. The topological polar surface area (TPSA) is 87.3 Å². The van der Waals surface area contributed by atoms with Crippen molar-refractivity contribution in [2.24, 2.45) is 5.92 Å². The van der Waals surface area contributed by atoms with Crippen molar-refractivity contribution >= 4 is 23.0 Å². The maximum Gasteiger partial charge on any atom is 0.410 e. The summed E-state index contributed by atoms with van der Waals surface area (Å²) in [6.45, 7) is 7.56. The van der Waals surface area contributed by atoms with Gasteiger partial charge in [-0.15, -0.1) is 0 Å². The van der Waals surface area contributed by atoms with Gasteiger partial charge >= 0.3 is 6.09 Å². The molecule has 0 radical (unpaired) electrons. The quantitative estimate of drug-likeness (QED) is 0.725. The van der Waals surface area contributed by atoms with Gasteiger partial charge in [-0.1, -0.05) is 12.1 Å². The first-order valence-electron chi connectivity index (χ1n) is 10.5. The highest BCUT2D eigenvalue weighted by atomic mass is 16.6.